The first-order valence-corrected chi connectivity index (χ1v) is 2.24. The minimum atomic E-state index is -2.44. The van der Waals surface area contributed by atoms with Crippen molar-refractivity contribution in [1.82, 2.24) is 0 Å². The van der Waals surface area contributed by atoms with E-state index in [9.17, 15) is 19.8 Å². The molecule has 65 valence electrons. The summed E-state index contributed by atoms with van der Waals surface area (Å²) in [4.78, 5) is 19.3. The van der Waals surface area contributed by atoms with Crippen LogP contribution >= 0.6 is 0 Å². The molecule has 0 heterocycles. The second-order valence-corrected chi connectivity index (χ2v) is 1.53. The number of aliphatic hydroxyl groups excluding tert-OH is 2. The van der Waals surface area contributed by atoms with Crippen molar-refractivity contribution in [2.75, 3.05) is 0 Å². The van der Waals surface area contributed by atoms with Gasteiger partial charge >= 0.3 is 17.1 Å². The molecule has 0 aromatic rings. The summed E-state index contributed by atoms with van der Waals surface area (Å²) in [6.07, 6.45) is -4.88. The van der Waals surface area contributed by atoms with Crippen molar-refractivity contribution in [1.29, 1.82) is 0 Å². The number of carbonyl (C=O) groups is 2. The smallest absolute Gasteiger partial charge is 0.547 e. The number of hydrogen-bond donors (Lipinski definition) is 2. The first-order valence-electron chi connectivity index (χ1n) is 2.24. The van der Waals surface area contributed by atoms with E-state index in [0.717, 1.165) is 0 Å². The molecule has 2 N–H and O–H groups in total. The van der Waals surface area contributed by atoms with E-state index in [0.29, 0.717) is 0 Å². The number of carboxylic acid groups (broad SMARTS) is 2. The zero-order valence-electron chi connectivity index (χ0n) is 6.04. The normalized spacial score (nSPS) is 13.2. The third kappa shape index (κ3) is 5.96. The molecule has 0 spiro atoms. The summed E-state index contributed by atoms with van der Waals surface area (Å²) in [5.41, 5.74) is 0. The predicted octanol–water partition coefficient (Wildman–Crippen LogP) is -5.18. The fourth-order valence-corrected chi connectivity index (χ4v) is 0.258. The van der Waals surface area contributed by atoms with Gasteiger partial charge in [0, 0.05) is 29.6 Å². The Kier molecular flexibility index (Phi) is 12.1. The molecule has 0 aromatic heterocycles. The Bertz CT molecular complexity index is 144. The van der Waals surface area contributed by atoms with Crippen LogP contribution in [-0.4, -0.2) is 63.9 Å². The molecule has 1 radical (unpaired) electrons. The Hall–Kier alpha value is 0.379. The first-order chi connectivity index (χ1) is 4.46. The molecule has 6 nitrogen and oxygen atoms in total. The van der Waals surface area contributed by atoms with Crippen molar-refractivity contribution in [3.8, 4) is 0 Å². The standard InChI is InChI=1S/C4H6O6.Fe.Na/c5-1(3(7)8)2(6)4(9)10;;/h1-2,5-6H,(H,7,8)(H,9,10);;/q;+2;/p-2. The average Bonchev–Trinajstić information content (AvgIpc) is 1.84. The van der Waals surface area contributed by atoms with Gasteiger partial charge in [-0.1, -0.05) is 0 Å². The summed E-state index contributed by atoms with van der Waals surface area (Å²) in [6.45, 7) is 0. The van der Waals surface area contributed by atoms with Gasteiger partial charge in [-0.25, -0.2) is 0 Å². The Morgan fingerprint density at radius 1 is 1.00 bits per heavy atom. The predicted molar refractivity (Wildman–Crippen MR) is 27.8 cm³/mol. The van der Waals surface area contributed by atoms with E-state index in [4.69, 9.17) is 10.2 Å². The molecule has 0 bridgehead atoms. The van der Waals surface area contributed by atoms with Gasteiger partial charge < -0.3 is 30.0 Å². The second-order valence-electron chi connectivity index (χ2n) is 1.53. The van der Waals surface area contributed by atoms with Crippen molar-refractivity contribution in [3.05, 3.63) is 0 Å². The molecular formula is C4H4FeNaO6. The zero-order valence-corrected chi connectivity index (χ0v) is 9.14. The van der Waals surface area contributed by atoms with Crippen LogP contribution in [0.15, 0.2) is 0 Å². The third-order valence-corrected chi connectivity index (χ3v) is 0.782. The molecule has 0 rings (SSSR count). The van der Waals surface area contributed by atoms with Crippen LogP contribution in [0.1, 0.15) is 0 Å². The summed E-state index contributed by atoms with van der Waals surface area (Å²) < 4.78 is 0. The van der Waals surface area contributed by atoms with Crippen LogP contribution in [-0.2, 0) is 26.7 Å². The van der Waals surface area contributed by atoms with Gasteiger partial charge in [-0.2, -0.15) is 0 Å². The van der Waals surface area contributed by atoms with Crippen LogP contribution in [0.5, 0.6) is 0 Å². The fourth-order valence-electron chi connectivity index (χ4n) is 0.258. The van der Waals surface area contributed by atoms with Gasteiger partial charge in [0.1, 0.15) is 12.2 Å². The summed E-state index contributed by atoms with van der Waals surface area (Å²) in [5, 5.41) is 35.7. The van der Waals surface area contributed by atoms with Crippen molar-refractivity contribution < 1.29 is 47.1 Å². The zero-order chi connectivity index (χ0) is 8.31. The van der Waals surface area contributed by atoms with Crippen LogP contribution in [0.3, 0.4) is 0 Å². The number of carbonyl (C=O) groups excluding carboxylic acids is 2. The molecule has 2 unspecified atom stereocenters. The largest absolute Gasteiger partial charge is 2.00 e. The number of aliphatic carboxylic acids is 2. The number of carboxylic acids is 2. The van der Waals surface area contributed by atoms with E-state index in [1.54, 1.807) is 0 Å². The maximum Gasteiger partial charge on any atom is 2.00 e. The van der Waals surface area contributed by atoms with E-state index in [2.05, 4.69) is 0 Å². The number of rotatable bonds is 3. The summed E-state index contributed by atoms with van der Waals surface area (Å²) in [6, 6.07) is 0. The number of aliphatic hydroxyl groups is 2. The second kappa shape index (κ2) is 8.00. The van der Waals surface area contributed by atoms with Crippen LogP contribution in [0, 0.1) is 0 Å². The summed E-state index contributed by atoms with van der Waals surface area (Å²) in [7, 11) is 0. The van der Waals surface area contributed by atoms with Crippen LogP contribution in [0.25, 0.3) is 0 Å². The fraction of sp³-hybridized carbons (Fsp3) is 0.500. The molecule has 0 saturated carbocycles. The van der Waals surface area contributed by atoms with Crippen molar-refractivity contribution in [2.24, 2.45) is 0 Å². The SMILES string of the molecule is O=C([O-])C(O)C(O)C(=O)[O-].[Fe+2].[Na]. The van der Waals surface area contributed by atoms with E-state index in [1.165, 1.54) is 0 Å². The average molecular weight is 227 g/mol. The van der Waals surface area contributed by atoms with Crippen LogP contribution in [0.2, 0.25) is 0 Å². The van der Waals surface area contributed by atoms with Crippen LogP contribution in [0.4, 0.5) is 0 Å². The Morgan fingerprint density at radius 3 is 1.25 bits per heavy atom. The third-order valence-electron chi connectivity index (χ3n) is 0.782. The van der Waals surface area contributed by atoms with Gasteiger partial charge in [0.05, 0.1) is 11.9 Å². The molecule has 12 heavy (non-hydrogen) atoms. The molecule has 0 aliphatic heterocycles. The van der Waals surface area contributed by atoms with Crippen LogP contribution < -0.4 is 10.2 Å². The topological polar surface area (TPSA) is 121 Å². The van der Waals surface area contributed by atoms with E-state index >= 15 is 0 Å². The van der Waals surface area contributed by atoms with E-state index in [-0.39, 0.29) is 46.6 Å². The Labute approximate surface area is 100 Å². The van der Waals surface area contributed by atoms with Crippen molar-refractivity contribution in [2.45, 2.75) is 12.2 Å². The maximum absolute atomic E-state index is 9.63. The molecular weight excluding hydrogens is 223 g/mol. The van der Waals surface area contributed by atoms with Crippen molar-refractivity contribution >= 4 is 41.5 Å². The first kappa shape index (κ1) is 18.2. The Morgan fingerprint density at radius 2 is 1.17 bits per heavy atom. The quantitative estimate of drug-likeness (QED) is 0.465. The monoisotopic (exact) mass is 227 g/mol. The maximum atomic E-state index is 9.63. The minimum absolute atomic E-state index is 0. The summed E-state index contributed by atoms with van der Waals surface area (Å²) in [5.74, 6) is -4.12. The van der Waals surface area contributed by atoms with Gasteiger partial charge in [-0.15, -0.1) is 0 Å². The van der Waals surface area contributed by atoms with E-state index < -0.39 is 24.1 Å². The van der Waals surface area contributed by atoms with Gasteiger partial charge in [0.2, 0.25) is 0 Å². The molecule has 0 aliphatic rings. The Balaban J connectivity index is -0.000000405. The molecule has 8 heteroatoms. The van der Waals surface area contributed by atoms with Crippen molar-refractivity contribution in [3.63, 3.8) is 0 Å². The minimum Gasteiger partial charge on any atom is -0.547 e. The molecule has 0 aromatic carbocycles. The van der Waals surface area contributed by atoms with Gasteiger partial charge in [-0.05, 0) is 0 Å². The summed E-state index contributed by atoms with van der Waals surface area (Å²) >= 11 is 0. The number of hydrogen-bond acceptors (Lipinski definition) is 6. The molecule has 0 fully saturated rings. The molecule has 2 atom stereocenters. The molecule has 0 aliphatic carbocycles. The molecule has 0 amide bonds. The van der Waals surface area contributed by atoms with Gasteiger partial charge in [0.15, 0.2) is 0 Å². The van der Waals surface area contributed by atoms with Gasteiger partial charge in [0.25, 0.3) is 0 Å². The van der Waals surface area contributed by atoms with E-state index in [1.807, 2.05) is 0 Å². The van der Waals surface area contributed by atoms with Gasteiger partial charge in [-0.3, -0.25) is 0 Å². The molecule has 0 saturated heterocycles.